The van der Waals surface area contributed by atoms with Gasteiger partial charge in [0.25, 0.3) is 0 Å². The van der Waals surface area contributed by atoms with Crippen LogP contribution in [0.3, 0.4) is 0 Å². The van der Waals surface area contributed by atoms with Gasteiger partial charge in [0.05, 0.1) is 18.8 Å². The third-order valence-electron chi connectivity index (χ3n) is 2.12. The standard InChI is InChI=1S/C10H17N3O3/c1-12-4-3-9(11-12)7-13(5-6-16-2)8-10(14)15/h3-4H,5-8H2,1-2H3,(H,14,15). The molecule has 6 nitrogen and oxygen atoms in total. The van der Waals surface area contributed by atoms with E-state index in [0.717, 1.165) is 5.69 Å². The van der Waals surface area contributed by atoms with Crippen molar-refractivity contribution in [1.82, 2.24) is 14.7 Å². The fourth-order valence-corrected chi connectivity index (χ4v) is 1.40. The normalized spacial score (nSPS) is 10.9. The van der Waals surface area contributed by atoms with Crippen molar-refractivity contribution in [2.45, 2.75) is 6.54 Å². The first-order valence-corrected chi connectivity index (χ1v) is 5.03. The van der Waals surface area contributed by atoms with Gasteiger partial charge in [-0.1, -0.05) is 0 Å². The van der Waals surface area contributed by atoms with Crippen LogP contribution < -0.4 is 0 Å². The molecule has 0 aliphatic heterocycles. The second-order valence-corrected chi connectivity index (χ2v) is 3.58. The van der Waals surface area contributed by atoms with Crippen LogP contribution in [0.5, 0.6) is 0 Å². The van der Waals surface area contributed by atoms with Crippen LogP contribution in [-0.2, 0) is 23.1 Å². The summed E-state index contributed by atoms with van der Waals surface area (Å²) in [5.74, 6) is -0.841. The molecule has 0 saturated heterocycles. The number of ether oxygens (including phenoxy) is 1. The van der Waals surface area contributed by atoms with Crippen LogP contribution in [0.4, 0.5) is 0 Å². The van der Waals surface area contributed by atoms with E-state index in [0.29, 0.717) is 19.7 Å². The Morgan fingerprint density at radius 2 is 2.44 bits per heavy atom. The van der Waals surface area contributed by atoms with E-state index in [1.54, 1.807) is 16.7 Å². The molecule has 1 rings (SSSR count). The van der Waals surface area contributed by atoms with Crippen molar-refractivity contribution in [3.05, 3.63) is 18.0 Å². The smallest absolute Gasteiger partial charge is 0.317 e. The number of aryl methyl sites for hydroxylation is 1. The SMILES string of the molecule is COCCN(CC(=O)O)Cc1ccn(C)n1. The number of carbonyl (C=O) groups is 1. The minimum absolute atomic E-state index is 0.0000652. The summed E-state index contributed by atoms with van der Waals surface area (Å²) < 4.78 is 6.64. The first kappa shape index (κ1) is 12.7. The van der Waals surface area contributed by atoms with Crippen molar-refractivity contribution < 1.29 is 14.6 Å². The maximum absolute atomic E-state index is 10.7. The molecule has 0 aliphatic carbocycles. The van der Waals surface area contributed by atoms with Gasteiger partial charge in [0, 0.05) is 33.4 Å². The molecule has 1 heterocycles. The Kier molecular flexibility index (Phi) is 4.94. The minimum atomic E-state index is -0.841. The van der Waals surface area contributed by atoms with Crippen molar-refractivity contribution >= 4 is 5.97 Å². The van der Waals surface area contributed by atoms with Gasteiger partial charge in [0.2, 0.25) is 0 Å². The van der Waals surface area contributed by atoms with E-state index >= 15 is 0 Å². The fourth-order valence-electron chi connectivity index (χ4n) is 1.40. The Morgan fingerprint density at radius 1 is 1.69 bits per heavy atom. The van der Waals surface area contributed by atoms with Gasteiger partial charge in [-0.05, 0) is 6.07 Å². The zero-order valence-electron chi connectivity index (χ0n) is 9.59. The molecule has 0 spiro atoms. The fraction of sp³-hybridized carbons (Fsp3) is 0.600. The summed E-state index contributed by atoms with van der Waals surface area (Å²) in [7, 11) is 3.43. The molecular weight excluding hydrogens is 210 g/mol. The van der Waals surface area contributed by atoms with Crippen LogP contribution >= 0.6 is 0 Å². The highest BCUT2D eigenvalue weighted by Gasteiger charge is 2.11. The number of aromatic nitrogens is 2. The Balaban J connectivity index is 2.51. The predicted molar refractivity (Wildman–Crippen MR) is 58.0 cm³/mol. The molecule has 0 bridgehead atoms. The van der Waals surface area contributed by atoms with E-state index in [4.69, 9.17) is 9.84 Å². The Bertz CT molecular complexity index is 338. The van der Waals surface area contributed by atoms with Crippen LogP contribution in [0, 0.1) is 0 Å². The number of methoxy groups -OCH3 is 1. The van der Waals surface area contributed by atoms with Gasteiger partial charge < -0.3 is 9.84 Å². The van der Waals surface area contributed by atoms with Gasteiger partial charge >= 0.3 is 5.97 Å². The average Bonchev–Trinajstić information content (AvgIpc) is 2.59. The Labute approximate surface area is 94.4 Å². The van der Waals surface area contributed by atoms with Crippen molar-refractivity contribution in [2.24, 2.45) is 7.05 Å². The summed E-state index contributed by atoms with van der Waals surface area (Å²) in [6.07, 6.45) is 1.84. The first-order valence-electron chi connectivity index (χ1n) is 5.03. The molecule has 1 N–H and O–H groups in total. The zero-order chi connectivity index (χ0) is 12.0. The molecule has 0 unspecified atom stereocenters. The number of carboxylic acid groups (broad SMARTS) is 1. The van der Waals surface area contributed by atoms with E-state index in [9.17, 15) is 4.79 Å². The van der Waals surface area contributed by atoms with E-state index in [-0.39, 0.29) is 6.54 Å². The van der Waals surface area contributed by atoms with Crippen LogP contribution in [0.15, 0.2) is 12.3 Å². The van der Waals surface area contributed by atoms with E-state index in [2.05, 4.69) is 5.10 Å². The summed E-state index contributed by atoms with van der Waals surface area (Å²) in [6.45, 7) is 1.62. The monoisotopic (exact) mass is 227 g/mol. The highest BCUT2D eigenvalue weighted by atomic mass is 16.5. The maximum Gasteiger partial charge on any atom is 0.317 e. The second kappa shape index (κ2) is 6.24. The Hall–Kier alpha value is -1.40. The molecule has 0 radical (unpaired) electrons. The van der Waals surface area contributed by atoms with Crippen molar-refractivity contribution in [1.29, 1.82) is 0 Å². The molecule has 1 aromatic heterocycles. The predicted octanol–water partition coefficient (Wildman–Crippen LogP) is -0.0469. The van der Waals surface area contributed by atoms with Crippen LogP contribution in [0.2, 0.25) is 0 Å². The molecule has 6 heteroatoms. The van der Waals surface area contributed by atoms with Gasteiger partial charge in [0.15, 0.2) is 0 Å². The van der Waals surface area contributed by atoms with Crippen LogP contribution in [0.1, 0.15) is 5.69 Å². The maximum atomic E-state index is 10.7. The quantitative estimate of drug-likeness (QED) is 0.707. The van der Waals surface area contributed by atoms with Gasteiger partial charge in [-0.25, -0.2) is 0 Å². The second-order valence-electron chi connectivity index (χ2n) is 3.58. The zero-order valence-corrected chi connectivity index (χ0v) is 9.59. The van der Waals surface area contributed by atoms with Crippen LogP contribution in [0.25, 0.3) is 0 Å². The van der Waals surface area contributed by atoms with Crippen molar-refractivity contribution in [3.63, 3.8) is 0 Å². The van der Waals surface area contributed by atoms with Gasteiger partial charge in [-0.2, -0.15) is 5.10 Å². The van der Waals surface area contributed by atoms with Crippen LogP contribution in [-0.4, -0.2) is 52.6 Å². The molecule has 90 valence electrons. The Morgan fingerprint density at radius 3 is 2.94 bits per heavy atom. The van der Waals surface area contributed by atoms with Gasteiger partial charge in [-0.3, -0.25) is 14.4 Å². The van der Waals surface area contributed by atoms with Gasteiger partial charge in [0.1, 0.15) is 0 Å². The highest BCUT2D eigenvalue weighted by Crippen LogP contribution is 2.01. The van der Waals surface area contributed by atoms with E-state index in [1.807, 2.05) is 19.3 Å². The molecule has 16 heavy (non-hydrogen) atoms. The number of hydrogen-bond donors (Lipinski definition) is 1. The third kappa shape index (κ3) is 4.41. The molecule has 0 saturated carbocycles. The molecule has 0 fully saturated rings. The molecule has 0 aromatic carbocycles. The number of hydrogen-bond acceptors (Lipinski definition) is 4. The lowest BCUT2D eigenvalue weighted by Gasteiger charge is -2.18. The topological polar surface area (TPSA) is 67.6 Å². The molecule has 0 aliphatic rings. The number of rotatable bonds is 7. The van der Waals surface area contributed by atoms with Gasteiger partial charge in [-0.15, -0.1) is 0 Å². The molecule has 1 aromatic rings. The third-order valence-corrected chi connectivity index (χ3v) is 2.12. The lowest BCUT2D eigenvalue weighted by molar-refractivity contribution is -0.138. The van der Waals surface area contributed by atoms with Crippen molar-refractivity contribution in [3.8, 4) is 0 Å². The molecule has 0 amide bonds. The first-order chi connectivity index (χ1) is 7.61. The summed E-state index contributed by atoms with van der Waals surface area (Å²) in [5.41, 5.74) is 0.861. The lowest BCUT2D eigenvalue weighted by atomic mass is 10.3. The lowest BCUT2D eigenvalue weighted by Crippen LogP contribution is -2.32. The highest BCUT2D eigenvalue weighted by molar-refractivity contribution is 5.69. The summed E-state index contributed by atoms with van der Waals surface area (Å²) in [4.78, 5) is 12.4. The summed E-state index contributed by atoms with van der Waals surface area (Å²) >= 11 is 0. The number of nitrogens with zero attached hydrogens (tertiary/aromatic N) is 3. The number of aliphatic carboxylic acids is 1. The van der Waals surface area contributed by atoms with E-state index < -0.39 is 5.97 Å². The minimum Gasteiger partial charge on any atom is -0.480 e. The summed E-state index contributed by atoms with van der Waals surface area (Å²) in [6, 6.07) is 1.88. The molecular formula is C10H17N3O3. The van der Waals surface area contributed by atoms with Crippen molar-refractivity contribution in [2.75, 3.05) is 26.8 Å². The largest absolute Gasteiger partial charge is 0.480 e. The molecule has 0 atom stereocenters. The van der Waals surface area contributed by atoms with E-state index in [1.165, 1.54) is 0 Å². The summed E-state index contributed by atoms with van der Waals surface area (Å²) in [5, 5.41) is 13.0. The average molecular weight is 227 g/mol. The number of carboxylic acids is 1.